The van der Waals surface area contributed by atoms with Crippen molar-refractivity contribution in [1.82, 2.24) is 4.90 Å². The molecule has 0 aromatic rings. The maximum Gasteiger partial charge on any atom is 0.0678 e. The molecule has 3 heteroatoms. The lowest BCUT2D eigenvalue weighted by Gasteiger charge is -2.47. The van der Waals surface area contributed by atoms with Crippen LogP contribution in [-0.4, -0.2) is 36.2 Å². The van der Waals surface area contributed by atoms with Crippen LogP contribution in [-0.2, 0) is 4.74 Å². The zero-order chi connectivity index (χ0) is 14.9. The van der Waals surface area contributed by atoms with E-state index < -0.39 is 0 Å². The molecule has 1 saturated carbocycles. The molecule has 20 heavy (non-hydrogen) atoms. The van der Waals surface area contributed by atoms with Crippen molar-refractivity contribution in [2.24, 2.45) is 17.3 Å². The van der Waals surface area contributed by atoms with Crippen molar-refractivity contribution >= 4 is 0 Å². The van der Waals surface area contributed by atoms with E-state index in [0.29, 0.717) is 11.5 Å². The molecule has 1 aliphatic carbocycles. The molecule has 5 atom stereocenters. The van der Waals surface area contributed by atoms with Crippen LogP contribution in [0.4, 0.5) is 0 Å². The lowest BCUT2D eigenvalue weighted by molar-refractivity contribution is -0.0937. The standard InChI is InChI=1S/C17H30N2O/c1-12-10-19(11-13(2)20-12)16-8-15(17(3,4)5)7-6-14(16)9-18/h12-16H,6-8,10-11H2,1-5H3/t12-,13+,14?,15?,16?. The molecule has 2 fully saturated rings. The van der Waals surface area contributed by atoms with Crippen LogP contribution in [0.3, 0.4) is 0 Å². The van der Waals surface area contributed by atoms with Crippen LogP contribution >= 0.6 is 0 Å². The first-order chi connectivity index (χ1) is 9.31. The lowest BCUT2D eigenvalue weighted by atomic mass is 9.67. The van der Waals surface area contributed by atoms with E-state index in [1.54, 1.807) is 0 Å². The molecule has 0 aromatic carbocycles. The third-order valence-corrected chi connectivity index (χ3v) is 5.12. The van der Waals surface area contributed by atoms with E-state index in [1.807, 2.05) is 0 Å². The molecule has 114 valence electrons. The summed E-state index contributed by atoms with van der Waals surface area (Å²) in [6.45, 7) is 13.3. The van der Waals surface area contributed by atoms with Crippen LogP contribution in [0.25, 0.3) is 0 Å². The molecule has 0 bridgehead atoms. The van der Waals surface area contributed by atoms with Crippen molar-refractivity contribution in [2.45, 2.75) is 72.1 Å². The van der Waals surface area contributed by atoms with Gasteiger partial charge in [0.05, 0.1) is 24.2 Å². The van der Waals surface area contributed by atoms with Gasteiger partial charge in [-0.2, -0.15) is 5.26 Å². The van der Waals surface area contributed by atoms with E-state index in [-0.39, 0.29) is 18.1 Å². The second-order valence-corrected chi connectivity index (χ2v) is 7.89. The molecular weight excluding hydrogens is 248 g/mol. The summed E-state index contributed by atoms with van der Waals surface area (Å²) in [7, 11) is 0. The van der Waals surface area contributed by atoms with E-state index >= 15 is 0 Å². The van der Waals surface area contributed by atoms with Crippen molar-refractivity contribution < 1.29 is 4.74 Å². The zero-order valence-corrected chi connectivity index (χ0v) is 13.7. The van der Waals surface area contributed by atoms with E-state index in [9.17, 15) is 5.26 Å². The lowest BCUT2D eigenvalue weighted by Crippen LogP contribution is -2.54. The minimum absolute atomic E-state index is 0.200. The smallest absolute Gasteiger partial charge is 0.0678 e. The molecular formula is C17H30N2O. The molecule has 2 rings (SSSR count). The highest BCUT2D eigenvalue weighted by Gasteiger charge is 2.40. The highest BCUT2D eigenvalue weighted by atomic mass is 16.5. The fourth-order valence-electron chi connectivity index (χ4n) is 3.98. The molecule has 0 aromatic heterocycles. The van der Waals surface area contributed by atoms with Gasteiger partial charge in [0, 0.05) is 19.1 Å². The Kier molecular flexibility index (Phi) is 4.76. The molecule has 3 unspecified atom stereocenters. The van der Waals surface area contributed by atoms with Gasteiger partial charge in [-0.15, -0.1) is 0 Å². The van der Waals surface area contributed by atoms with Crippen LogP contribution in [0.15, 0.2) is 0 Å². The van der Waals surface area contributed by atoms with E-state index in [4.69, 9.17) is 4.74 Å². The molecule has 0 amide bonds. The van der Waals surface area contributed by atoms with Crippen molar-refractivity contribution in [1.29, 1.82) is 5.26 Å². The summed E-state index contributed by atoms with van der Waals surface area (Å²) in [4.78, 5) is 2.53. The second-order valence-electron chi connectivity index (χ2n) is 7.89. The third kappa shape index (κ3) is 3.54. The van der Waals surface area contributed by atoms with E-state index in [0.717, 1.165) is 25.4 Å². The van der Waals surface area contributed by atoms with Gasteiger partial charge in [-0.05, 0) is 44.4 Å². The minimum Gasteiger partial charge on any atom is -0.373 e. The van der Waals surface area contributed by atoms with E-state index in [1.165, 1.54) is 12.8 Å². The monoisotopic (exact) mass is 278 g/mol. The first-order valence-electron chi connectivity index (χ1n) is 8.10. The highest BCUT2D eigenvalue weighted by Crippen LogP contribution is 2.42. The molecule has 1 aliphatic heterocycles. The van der Waals surface area contributed by atoms with Gasteiger partial charge < -0.3 is 4.74 Å². The molecule has 0 radical (unpaired) electrons. The quantitative estimate of drug-likeness (QED) is 0.737. The van der Waals surface area contributed by atoms with Gasteiger partial charge in [0.2, 0.25) is 0 Å². The predicted octanol–water partition coefficient (Wildman–Crippen LogP) is 3.45. The average Bonchev–Trinajstić information content (AvgIpc) is 2.35. The summed E-state index contributed by atoms with van der Waals surface area (Å²) in [5, 5.41) is 9.51. The SMILES string of the molecule is C[C@@H]1CN(C2CC(C(C)(C)C)CCC2C#N)C[C@H](C)O1. The van der Waals surface area contributed by atoms with Crippen LogP contribution in [0, 0.1) is 28.6 Å². The van der Waals surface area contributed by atoms with Gasteiger partial charge in [0.1, 0.15) is 0 Å². The summed E-state index contributed by atoms with van der Waals surface area (Å²) in [5.74, 6) is 0.927. The van der Waals surface area contributed by atoms with Crippen molar-refractivity contribution in [3.63, 3.8) is 0 Å². The third-order valence-electron chi connectivity index (χ3n) is 5.12. The maximum absolute atomic E-state index is 9.51. The number of morpholine rings is 1. The Labute approximate surface area is 124 Å². The van der Waals surface area contributed by atoms with Crippen LogP contribution < -0.4 is 0 Å². The van der Waals surface area contributed by atoms with Gasteiger partial charge >= 0.3 is 0 Å². The van der Waals surface area contributed by atoms with Gasteiger partial charge in [-0.25, -0.2) is 0 Å². The Morgan fingerprint density at radius 2 is 1.70 bits per heavy atom. The van der Waals surface area contributed by atoms with E-state index in [2.05, 4.69) is 45.6 Å². The molecule has 0 spiro atoms. The number of hydrogen-bond acceptors (Lipinski definition) is 3. The van der Waals surface area contributed by atoms with Crippen LogP contribution in [0.2, 0.25) is 0 Å². The van der Waals surface area contributed by atoms with Crippen molar-refractivity contribution in [3.05, 3.63) is 0 Å². The predicted molar refractivity (Wildman–Crippen MR) is 81.3 cm³/mol. The summed E-state index contributed by atoms with van der Waals surface area (Å²) < 4.78 is 5.85. The Morgan fingerprint density at radius 3 is 2.20 bits per heavy atom. The van der Waals surface area contributed by atoms with Crippen LogP contribution in [0.1, 0.15) is 53.9 Å². The van der Waals surface area contributed by atoms with Crippen molar-refractivity contribution in [3.8, 4) is 6.07 Å². The first kappa shape index (κ1) is 15.8. The number of hydrogen-bond donors (Lipinski definition) is 0. The van der Waals surface area contributed by atoms with Gasteiger partial charge in [-0.3, -0.25) is 4.90 Å². The first-order valence-corrected chi connectivity index (χ1v) is 8.10. The number of nitrogens with zero attached hydrogens (tertiary/aromatic N) is 2. The molecule has 1 saturated heterocycles. The summed E-state index contributed by atoms with van der Waals surface area (Å²) >= 11 is 0. The van der Waals surface area contributed by atoms with Gasteiger partial charge in [0.15, 0.2) is 0 Å². The minimum atomic E-state index is 0.200. The summed E-state index contributed by atoms with van der Waals surface area (Å²) in [6.07, 6.45) is 4.00. The zero-order valence-electron chi connectivity index (χ0n) is 13.7. The number of nitriles is 1. The summed E-state index contributed by atoms with van der Waals surface area (Å²) in [6, 6.07) is 2.99. The topological polar surface area (TPSA) is 36.3 Å². The number of rotatable bonds is 1. The normalized spacial score (nSPS) is 40.3. The Bertz CT molecular complexity index is 358. The van der Waals surface area contributed by atoms with Crippen LogP contribution in [0.5, 0.6) is 0 Å². The highest BCUT2D eigenvalue weighted by molar-refractivity contribution is 5.00. The fourth-order valence-corrected chi connectivity index (χ4v) is 3.98. The second kappa shape index (κ2) is 6.03. The molecule has 1 heterocycles. The Hall–Kier alpha value is -0.590. The average molecular weight is 278 g/mol. The Morgan fingerprint density at radius 1 is 1.10 bits per heavy atom. The Balaban J connectivity index is 2.11. The largest absolute Gasteiger partial charge is 0.373 e. The number of ether oxygens (including phenoxy) is 1. The van der Waals surface area contributed by atoms with Gasteiger partial charge in [-0.1, -0.05) is 20.8 Å². The molecule has 0 N–H and O–H groups in total. The van der Waals surface area contributed by atoms with Crippen molar-refractivity contribution in [2.75, 3.05) is 13.1 Å². The molecule has 2 aliphatic rings. The molecule has 3 nitrogen and oxygen atoms in total. The summed E-state index contributed by atoms with van der Waals surface area (Å²) in [5.41, 5.74) is 0.349. The maximum atomic E-state index is 9.51. The fraction of sp³-hybridized carbons (Fsp3) is 0.941. The van der Waals surface area contributed by atoms with Gasteiger partial charge in [0.25, 0.3) is 0 Å².